The van der Waals surface area contributed by atoms with Crippen LogP contribution in [0.3, 0.4) is 0 Å². The van der Waals surface area contributed by atoms with Crippen molar-refractivity contribution >= 4 is 15.8 Å². The summed E-state index contributed by atoms with van der Waals surface area (Å²) in [5, 5.41) is 7.09. The zero-order chi connectivity index (χ0) is 13.0. The third-order valence-electron chi connectivity index (χ3n) is 1.71. The molecule has 0 aliphatic rings. The van der Waals surface area contributed by atoms with Crippen molar-refractivity contribution in [2.75, 3.05) is 12.4 Å². The van der Waals surface area contributed by atoms with Gasteiger partial charge in [-0.15, -0.1) is 13.2 Å². The monoisotopic (exact) mass is 264 g/mol. The summed E-state index contributed by atoms with van der Waals surface area (Å²) < 4.78 is 60.4. The Morgan fingerprint density at radius 1 is 1.44 bits per heavy atom. The third kappa shape index (κ3) is 6.62. The molecule has 9 heteroatoms. The Morgan fingerprint density at radius 3 is 2.31 bits per heavy atom. The minimum absolute atomic E-state index is 0.644. The third-order valence-corrected chi connectivity index (χ3v) is 3.84. The van der Waals surface area contributed by atoms with E-state index in [-0.39, 0.29) is 0 Å². The second kappa shape index (κ2) is 5.48. The van der Waals surface area contributed by atoms with Gasteiger partial charge in [0.25, 0.3) is 0 Å². The van der Waals surface area contributed by atoms with Crippen molar-refractivity contribution in [3.63, 3.8) is 0 Å². The minimum Gasteiger partial charge on any atom is -0.481 e. The van der Waals surface area contributed by atoms with Crippen molar-refractivity contribution in [2.24, 2.45) is 0 Å². The molecule has 0 saturated heterocycles. The molecule has 0 amide bonds. The van der Waals surface area contributed by atoms with E-state index in [0.29, 0.717) is 0 Å². The maximum atomic E-state index is 11.5. The Hall–Kier alpha value is -0.830. The molecular formula is C7H11F3O5S. The normalized spacial score (nSPS) is 14.8. The summed E-state index contributed by atoms with van der Waals surface area (Å²) in [7, 11) is -3.88. The molecule has 0 aromatic rings. The van der Waals surface area contributed by atoms with E-state index in [4.69, 9.17) is 5.11 Å². The number of aliphatic carboxylic acids is 1. The number of halogens is 3. The first-order valence-electron chi connectivity index (χ1n) is 4.18. The van der Waals surface area contributed by atoms with E-state index in [1.807, 2.05) is 0 Å². The fourth-order valence-corrected chi connectivity index (χ4v) is 1.96. The molecule has 96 valence electrons. The van der Waals surface area contributed by atoms with Crippen LogP contribution in [0, 0.1) is 0 Å². The van der Waals surface area contributed by atoms with Gasteiger partial charge in [0.05, 0.1) is 24.0 Å². The number of sulfone groups is 1. The van der Waals surface area contributed by atoms with E-state index >= 15 is 0 Å². The second-order valence-electron chi connectivity index (χ2n) is 3.07. The van der Waals surface area contributed by atoms with E-state index in [1.54, 1.807) is 0 Å². The largest absolute Gasteiger partial charge is 0.522 e. The van der Waals surface area contributed by atoms with Gasteiger partial charge >= 0.3 is 12.3 Å². The first-order chi connectivity index (χ1) is 7.04. The lowest BCUT2D eigenvalue weighted by atomic mass is 10.3. The van der Waals surface area contributed by atoms with Crippen molar-refractivity contribution in [1.82, 2.24) is 0 Å². The van der Waals surface area contributed by atoms with Crippen molar-refractivity contribution in [2.45, 2.75) is 25.0 Å². The van der Waals surface area contributed by atoms with Crippen LogP contribution in [0.25, 0.3) is 0 Å². The summed E-state index contributed by atoms with van der Waals surface area (Å²) in [6.45, 7) is 0.0901. The molecule has 0 aliphatic heterocycles. The quantitative estimate of drug-likeness (QED) is 0.767. The smallest absolute Gasteiger partial charge is 0.481 e. The number of ether oxygens (including phenoxy) is 1. The fraction of sp³-hybridized carbons (Fsp3) is 0.857. The van der Waals surface area contributed by atoms with Gasteiger partial charge in [-0.1, -0.05) is 0 Å². The van der Waals surface area contributed by atoms with Crippen LogP contribution in [0.4, 0.5) is 13.2 Å². The van der Waals surface area contributed by atoms with Crippen LogP contribution in [0.2, 0.25) is 0 Å². The van der Waals surface area contributed by atoms with Crippen molar-refractivity contribution < 1.29 is 36.2 Å². The lowest BCUT2D eigenvalue weighted by molar-refractivity contribution is -0.322. The van der Waals surface area contributed by atoms with E-state index in [1.165, 1.54) is 0 Å². The number of rotatable bonds is 6. The molecule has 0 aromatic carbocycles. The Balaban J connectivity index is 4.20. The topological polar surface area (TPSA) is 80.7 Å². The Labute approximate surface area is 90.1 Å². The van der Waals surface area contributed by atoms with E-state index in [2.05, 4.69) is 4.74 Å². The maximum absolute atomic E-state index is 11.5. The van der Waals surface area contributed by atoms with Gasteiger partial charge in [-0.05, 0) is 6.92 Å². The van der Waals surface area contributed by atoms with Gasteiger partial charge in [0.2, 0.25) is 0 Å². The number of hydrogen-bond acceptors (Lipinski definition) is 4. The summed E-state index contributed by atoms with van der Waals surface area (Å²) in [5.41, 5.74) is 0. The summed E-state index contributed by atoms with van der Waals surface area (Å²) in [5.74, 6) is -2.19. The highest BCUT2D eigenvalue weighted by atomic mass is 32.2. The fourth-order valence-electron chi connectivity index (χ4n) is 0.848. The zero-order valence-corrected chi connectivity index (χ0v) is 9.14. The number of carboxylic acids is 1. The molecule has 0 saturated carbocycles. The average molecular weight is 264 g/mol. The van der Waals surface area contributed by atoms with E-state index in [9.17, 15) is 26.4 Å². The Bertz CT molecular complexity index is 334. The molecular weight excluding hydrogens is 253 g/mol. The van der Waals surface area contributed by atoms with Crippen LogP contribution in [0.5, 0.6) is 0 Å². The number of carboxylic acid groups (broad SMARTS) is 1. The van der Waals surface area contributed by atoms with Crippen LogP contribution in [-0.4, -0.2) is 43.5 Å². The lowest BCUT2D eigenvalue weighted by Crippen LogP contribution is -2.27. The molecule has 16 heavy (non-hydrogen) atoms. The maximum Gasteiger partial charge on any atom is 0.522 e. The molecule has 0 rings (SSSR count). The van der Waals surface area contributed by atoms with Crippen molar-refractivity contribution in [3.05, 3.63) is 0 Å². The highest BCUT2D eigenvalue weighted by Gasteiger charge is 2.31. The lowest BCUT2D eigenvalue weighted by Gasteiger charge is -2.11. The number of hydrogen-bond donors (Lipinski definition) is 1. The van der Waals surface area contributed by atoms with Crippen molar-refractivity contribution in [1.29, 1.82) is 0 Å². The van der Waals surface area contributed by atoms with Gasteiger partial charge in [0, 0.05) is 0 Å². The SMILES string of the molecule is CC(CC(=O)O)S(=O)(=O)CCOC(F)(F)F. The average Bonchev–Trinajstić information content (AvgIpc) is 1.99. The molecule has 0 heterocycles. The van der Waals surface area contributed by atoms with Crippen molar-refractivity contribution in [3.8, 4) is 0 Å². The van der Waals surface area contributed by atoms with Gasteiger partial charge in [-0.25, -0.2) is 8.42 Å². The predicted octanol–water partition coefficient (Wildman–Crippen LogP) is 0.801. The standard InChI is InChI=1S/C7H11F3O5S/c1-5(4-6(11)12)16(13,14)3-2-15-7(8,9)10/h5H,2-4H2,1H3,(H,11,12). The van der Waals surface area contributed by atoms with Crippen LogP contribution >= 0.6 is 0 Å². The molecule has 0 radical (unpaired) electrons. The summed E-state index contributed by atoms with van der Waals surface area (Å²) in [6.07, 6.45) is -5.53. The van der Waals surface area contributed by atoms with Crippen LogP contribution in [0.15, 0.2) is 0 Å². The molecule has 0 spiro atoms. The molecule has 1 unspecified atom stereocenters. The molecule has 1 atom stereocenters. The van der Waals surface area contributed by atoms with Crippen LogP contribution < -0.4 is 0 Å². The molecule has 1 N–H and O–H groups in total. The van der Waals surface area contributed by atoms with Gasteiger partial charge in [0.1, 0.15) is 0 Å². The zero-order valence-electron chi connectivity index (χ0n) is 8.32. The highest BCUT2D eigenvalue weighted by molar-refractivity contribution is 7.92. The van der Waals surface area contributed by atoms with E-state index < -0.39 is 46.2 Å². The molecule has 0 aromatic heterocycles. The number of alkyl halides is 3. The van der Waals surface area contributed by atoms with Gasteiger partial charge in [-0.2, -0.15) is 0 Å². The molecule has 5 nitrogen and oxygen atoms in total. The predicted molar refractivity (Wildman–Crippen MR) is 47.5 cm³/mol. The number of carbonyl (C=O) groups is 1. The molecule has 0 fully saturated rings. The first kappa shape index (κ1) is 15.2. The highest BCUT2D eigenvalue weighted by Crippen LogP contribution is 2.16. The minimum atomic E-state index is -4.88. The summed E-state index contributed by atoms with van der Waals surface area (Å²) in [4.78, 5) is 10.2. The molecule has 0 bridgehead atoms. The van der Waals surface area contributed by atoms with Crippen LogP contribution in [0.1, 0.15) is 13.3 Å². The van der Waals surface area contributed by atoms with Crippen LogP contribution in [-0.2, 0) is 19.4 Å². The Morgan fingerprint density at radius 2 is 1.94 bits per heavy atom. The Kier molecular flexibility index (Phi) is 5.20. The summed E-state index contributed by atoms with van der Waals surface area (Å²) >= 11 is 0. The van der Waals surface area contributed by atoms with Gasteiger partial charge in [0.15, 0.2) is 9.84 Å². The molecule has 0 aliphatic carbocycles. The van der Waals surface area contributed by atoms with E-state index in [0.717, 1.165) is 6.92 Å². The second-order valence-corrected chi connectivity index (χ2v) is 5.61. The summed E-state index contributed by atoms with van der Waals surface area (Å²) in [6, 6.07) is 0. The van der Waals surface area contributed by atoms with Gasteiger partial charge in [-0.3, -0.25) is 9.53 Å². The first-order valence-corrected chi connectivity index (χ1v) is 5.90. The van der Waals surface area contributed by atoms with Gasteiger partial charge < -0.3 is 5.11 Å².